The average molecular weight is 408 g/mol. The van der Waals surface area contributed by atoms with Gasteiger partial charge in [-0.15, -0.1) is 10.2 Å². The highest BCUT2D eigenvalue weighted by Gasteiger charge is 2.11. The minimum absolute atomic E-state index is 0.158. The first kappa shape index (κ1) is 18.9. The van der Waals surface area contributed by atoms with Crippen LogP contribution in [-0.4, -0.2) is 27.6 Å². The molecule has 1 aromatic carbocycles. The van der Waals surface area contributed by atoms with E-state index in [0.29, 0.717) is 15.7 Å². The van der Waals surface area contributed by atoms with Crippen LogP contribution in [0.25, 0.3) is 0 Å². The van der Waals surface area contributed by atoms with E-state index in [9.17, 15) is 4.79 Å². The molecule has 0 aliphatic rings. The maximum atomic E-state index is 12.0. The number of thioether (sulfide) groups is 2. The van der Waals surface area contributed by atoms with Gasteiger partial charge in [-0.05, 0) is 18.6 Å². The van der Waals surface area contributed by atoms with E-state index in [1.54, 1.807) is 30.0 Å². The zero-order valence-electron chi connectivity index (χ0n) is 12.3. The standard InChI is InChI=1S/C14H15Cl2N3OS3/c1-2-3-7-21-13-18-19-14(23-13)22-8-11(20)17-10-6-4-5-9(15)12(10)16/h4-6H,2-3,7-8H2,1H3,(H,17,20). The summed E-state index contributed by atoms with van der Waals surface area (Å²) >= 11 is 16.5. The summed E-state index contributed by atoms with van der Waals surface area (Å²) in [7, 11) is 0. The molecule has 0 atom stereocenters. The highest BCUT2D eigenvalue weighted by molar-refractivity contribution is 8.03. The summed E-state index contributed by atoms with van der Waals surface area (Å²) in [6, 6.07) is 5.12. The van der Waals surface area contributed by atoms with Gasteiger partial charge in [0.05, 0.1) is 21.5 Å². The van der Waals surface area contributed by atoms with Crippen molar-refractivity contribution >= 4 is 69.7 Å². The number of halogens is 2. The Balaban J connectivity index is 1.81. The van der Waals surface area contributed by atoms with E-state index in [2.05, 4.69) is 22.4 Å². The van der Waals surface area contributed by atoms with Crippen LogP contribution in [0.1, 0.15) is 19.8 Å². The molecule has 2 rings (SSSR count). The molecule has 0 fully saturated rings. The number of hydrogen-bond donors (Lipinski definition) is 1. The largest absolute Gasteiger partial charge is 0.324 e. The van der Waals surface area contributed by atoms with Crippen LogP contribution in [0.2, 0.25) is 10.0 Å². The Morgan fingerprint density at radius 2 is 2.00 bits per heavy atom. The number of rotatable bonds is 8. The van der Waals surface area contributed by atoms with Crippen LogP contribution < -0.4 is 5.32 Å². The summed E-state index contributed by atoms with van der Waals surface area (Å²) in [5, 5.41) is 11.7. The summed E-state index contributed by atoms with van der Waals surface area (Å²) in [5.41, 5.74) is 0.512. The summed E-state index contributed by atoms with van der Waals surface area (Å²) in [6.45, 7) is 2.16. The Morgan fingerprint density at radius 3 is 2.74 bits per heavy atom. The first-order valence-electron chi connectivity index (χ1n) is 6.93. The topological polar surface area (TPSA) is 54.9 Å². The highest BCUT2D eigenvalue weighted by atomic mass is 35.5. The van der Waals surface area contributed by atoms with Crippen molar-refractivity contribution in [3.63, 3.8) is 0 Å². The molecule has 0 spiro atoms. The molecule has 0 bridgehead atoms. The SMILES string of the molecule is CCCCSc1nnc(SCC(=O)Nc2cccc(Cl)c2Cl)s1. The molecule has 1 amide bonds. The Labute approximate surface area is 157 Å². The third-order valence-corrected chi connectivity index (χ3v) is 6.76. The Kier molecular flexibility index (Phi) is 7.98. The predicted molar refractivity (Wildman–Crippen MR) is 101 cm³/mol. The number of hydrogen-bond acceptors (Lipinski definition) is 6. The van der Waals surface area contributed by atoms with Gasteiger partial charge < -0.3 is 5.32 Å². The van der Waals surface area contributed by atoms with Crippen LogP contribution in [-0.2, 0) is 4.79 Å². The van der Waals surface area contributed by atoms with Crippen molar-refractivity contribution in [2.24, 2.45) is 0 Å². The van der Waals surface area contributed by atoms with Gasteiger partial charge in [-0.3, -0.25) is 4.79 Å². The van der Waals surface area contributed by atoms with Crippen molar-refractivity contribution < 1.29 is 4.79 Å². The number of anilines is 1. The molecule has 1 N–H and O–H groups in total. The van der Waals surface area contributed by atoms with Crippen LogP contribution in [0.5, 0.6) is 0 Å². The molecule has 0 saturated heterocycles. The smallest absolute Gasteiger partial charge is 0.234 e. The van der Waals surface area contributed by atoms with E-state index < -0.39 is 0 Å². The molecular formula is C14H15Cl2N3OS3. The fourth-order valence-electron chi connectivity index (χ4n) is 1.53. The number of carbonyl (C=O) groups is 1. The fourth-order valence-corrected chi connectivity index (χ4v) is 4.85. The number of unbranched alkanes of at least 4 members (excludes halogenated alkanes) is 1. The first-order valence-corrected chi connectivity index (χ1v) is 10.5. The van der Waals surface area contributed by atoms with Crippen molar-refractivity contribution in [3.05, 3.63) is 28.2 Å². The number of nitrogens with one attached hydrogen (secondary N) is 1. The molecule has 0 saturated carbocycles. The van der Waals surface area contributed by atoms with Crippen molar-refractivity contribution in [2.45, 2.75) is 28.4 Å². The summed E-state index contributed by atoms with van der Waals surface area (Å²) in [5.74, 6) is 1.13. The molecule has 9 heteroatoms. The normalized spacial score (nSPS) is 10.7. The molecular weight excluding hydrogens is 393 g/mol. The molecule has 1 aromatic heterocycles. The Hall–Kier alpha value is -0.470. The van der Waals surface area contributed by atoms with Gasteiger partial charge in [0.15, 0.2) is 8.68 Å². The maximum Gasteiger partial charge on any atom is 0.234 e. The molecule has 0 aliphatic carbocycles. The van der Waals surface area contributed by atoms with Gasteiger partial charge in [0, 0.05) is 5.75 Å². The summed E-state index contributed by atoms with van der Waals surface area (Å²) in [4.78, 5) is 12.0. The van der Waals surface area contributed by atoms with Crippen LogP contribution in [0.4, 0.5) is 5.69 Å². The third kappa shape index (κ3) is 6.15. The Bertz CT molecular complexity index is 666. The number of aromatic nitrogens is 2. The maximum absolute atomic E-state index is 12.0. The zero-order valence-corrected chi connectivity index (χ0v) is 16.3. The molecule has 23 heavy (non-hydrogen) atoms. The van der Waals surface area contributed by atoms with E-state index in [4.69, 9.17) is 23.2 Å². The van der Waals surface area contributed by atoms with Crippen LogP contribution in [0.15, 0.2) is 26.9 Å². The van der Waals surface area contributed by atoms with Crippen molar-refractivity contribution in [3.8, 4) is 0 Å². The predicted octanol–water partition coefficient (Wildman–Crippen LogP) is 5.47. The van der Waals surface area contributed by atoms with Crippen LogP contribution >= 0.6 is 58.1 Å². The van der Waals surface area contributed by atoms with Gasteiger partial charge >= 0.3 is 0 Å². The summed E-state index contributed by atoms with van der Waals surface area (Å²) in [6.07, 6.45) is 2.33. The zero-order chi connectivity index (χ0) is 16.7. The van der Waals surface area contributed by atoms with Gasteiger partial charge in [0.25, 0.3) is 0 Å². The van der Waals surface area contributed by atoms with Gasteiger partial charge in [-0.25, -0.2) is 0 Å². The number of amides is 1. The van der Waals surface area contributed by atoms with Gasteiger partial charge in [0.1, 0.15) is 0 Å². The van der Waals surface area contributed by atoms with Gasteiger partial charge in [-0.2, -0.15) is 0 Å². The molecule has 0 unspecified atom stereocenters. The van der Waals surface area contributed by atoms with E-state index in [0.717, 1.165) is 20.9 Å². The van der Waals surface area contributed by atoms with Crippen molar-refractivity contribution in [1.82, 2.24) is 10.2 Å². The van der Waals surface area contributed by atoms with E-state index in [-0.39, 0.29) is 11.7 Å². The summed E-state index contributed by atoms with van der Waals surface area (Å²) < 4.78 is 1.73. The minimum atomic E-state index is -0.158. The fraction of sp³-hybridized carbons (Fsp3) is 0.357. The second-order valence-electron chi connectivity index (χ2n) is 4.47. The molecule has 0 radical (unpaired) electrons. The van der Waals surface area contributed by atoms with Crippen molar-refractivity contribution in [1.29, 1.82) is 0 Å². The van der Waals surface area contributed by atoms with E-state index >= 15 is 0 Å². The number of carbonyl (C=O) groups excluding carboxylic acids is 1. The lowest BCUT2D eigenvalue weighted by Gasteiger charge is -2.07. The Morgan fingerprint density at radius 1 is 1.26 bits per heavy atom. The number of benzene rings is 1. The average Bonchev–Trinajstić information content (AvgIpc) is 2.98. The minimum Gasteiger partial charge on any atom is -0.324 e. The second kappa shape index (κ2) is 9.74. The number of nitrogens with zero attached hydrogens (tertiary/aromatic N) is 2. The quantitative estimate of drug-likeness (QED) is 0.464. The third-order valence-electron chi connectivity index (χ3n) is 2.66. The van der Waals surface area contributed by atoms with Crippen molar-refractivity contribution in [2.75, 3.05) is 16.8 Å². The molecule has 1 heterocycles. The lowest BCUT2D eigenvalue weighted by Crippen LogP contribution is -2.14. The van der Waals surface area contributed by atoms with E-state index in [1.807, 2.05) is 0 Å². The second-order valence-corrected chi connectivity index (χ2v) is 8.80. The molecule has 2 aromatic rings. The van der Waals surface area contributed by atoms with Crippen LogP contribution in [0.3, 0.4) is 0 Å². The monoisotopic (exact) mass is 407 g/mol. The van der Waals surface area contributed by atoms with E-state index in [1.165, 1.54) is 29.5 Å². The lowest BCUT2D eigenvalue weighted by molar-refractivity contribution is -0.113. The van der Waals surface area contributed by atoms with Gasteiger partial charge in [-0.1, -0.05) is 77.5 Å². The van der Waals surface area contributed by atoms with Crippen LogP contribution in [0, 0.1) is 0 Å². The van der Waals surface area contributed by atoms with Gasteiger partial charge in [0.2, 0.25) is 5.91 Å². The lowest BCUT2D eigenvalue weighted by atomic mass is 10.3. The molecule has 4 nitrogen and oxygen atoms in total. The highest BCUT2D eigenvalue weighted by Crippen LogP contribution is 2.31. The molecule has 0 aliphatic heterocycles. The first-order chi connectivity index (χ1) is 11.1. The molecule has 124 valence electrons.